The fourth-order valence-electron chi connectivity index (χ4n) is 2.61. The maximum atomic E-state index is 12.0. The third kappa shape index (κ3) is 2.90. The molecule has 0 fully saturated rings. The fraction of sp³-hybridized carbons (Fsp3) is 0.375. The predicted molar refractivity (Wildman–Crippen MR) is 81.2 cm³/mol. The number of hydrogen-bond acceptors (Lipinski definition) is 4. The number of hydrogen-bond donors (Lipinski definition) is 1. The van der Waals surface area contributed by atoms with Gasteiger partial charge in [-0.15, -0.1) is 0 Å². The number of carbonyl (C=O) groups excluding carboxylic acids is 1. The molecule has 2 aromatic rings. The lowest BCUT2D eigenvalue weighted by atomic mass is 9.96. The summed E-state index contributed by atoms with van der Waals surface area (Å²) in [7, 11) is 3.47. The Kier molecular flexibility index (Phi) is 4.00. The van der Waals surface area contributed by atoms with E-state index in [2.05, 4.69) is 10.3 Å². The second kappa shape index (κ2) is 6.09. The van der Waals surface area contributed by atoms with Crippen molar-refractivity contribution in [1.29, 1.82) is 0 Å². The molecule has 0 radical (unpaired) electrons. The Bertz CT molecular complexity index is 681. The molecule has 0 unspecified atom stereocenters. The Morgan fingerprint density at radius 1 is 1.55 bits per heavy atom. The van der Waals surface area contributed by atoms with E-state index in [1.165, 1.54) is 0 Å². The second-order valence-corrected chi connectivity index (χ2v) is 5.46. The van der Waals surface area contributed by atoms with Crippen LogP contribution in [0.1, 0.15) is 16.1 Å². The summed E-state index contributed by atoms with van der Waals surface area (Å²) in [6.07, 6.45) is 4.17. The molecule has 6 nitrogen and oxygen atoms in total. The quantitative estimate of drug-likeness (QED) is 0.927. The molecule has 1 aromatic heterocycles. The first kappa shape index (κ1) is 14.4. The lowest BCUT2D eigenvalue weighted by Crippen LogP contribution is -2.35. The molecule has 1 amide bonds. The molecule has 2 heterocycles. The van der Waals surface area contributed by atoms with Crippen LogP contribution in [0.5, 0.6) is 11.5 Å². The number of amides is 1. The van der Waals surface area contributed by atoms with Crippen molar-refractivity contribution in [2.24, 2.45) is 13.0 Å². The van der Waals surface area contributed by atoms with Crippen molar-refractivity contribution < 1.29 is 14.3 Å². The van der Waals surface area contributed by atoms with E-state index in [0.29, 0.717) is 18.8 Å². The summed E-state index contributed by atoms with van der Waals surface area (Å²) in [4.78, 5) is 16.0. The van der Waals surface area contributed by atoms with Gasteiger partial charge in [0.25, 0.3) is 5.91 Å². The molecule has 0 spiro atoms. The van der Waals surface area contributed by atoms with Crippen molar-refractivity contribution in [3.8, 4) is 11.5 Å². The van der Waals surface area contributed by atoms with E-state index < -0.39 is 0 Å². The van der Waals surface area contributed by atoms with E-state index in [4.69, 9.17) is 9.47 Å². The van der Waals surface area contributed by atoms with E-state index in [1.54, 1.807) is 24.2 Å². The molecule has 22 heavy (non-hydrogen) atoms. The number of para-hydroxylation sites is 1. The normalized spacial score (nSPS) is 16.5. The minimum Gasteiger partial charge on any atom is -0.493 e. The summed E-state index contributed by atoms with van der Waals surface area (Å²) < 4.78 is 12.9. The van der Waals surface area contributed by atoms with Crippen LogP contribution in [0.25, 0.3) is 0 Å². The van der Waals surface area contributed by atoms with Gasteiger partial charge in [0.05, 0.1) is 20.0 Å². The molecule has 1 N–H and O–H groups in total. The summed E-state index contributed by atoms with van der Waals surface area (Å²) in [5.41, 5.74) is 1.55. The Balaban J connectivity index is 1.60. The number of aryl methyl sites for hydroxylation is 1. The first-order valence-corrected chi connectivity index (χ1v) is 7.22. The first-order chi connectivity index (χ1) is 10.7. The van der Waals surface area contributed by atoms with Crippen LogP contribution in [0.3, 0.4) is 0 Å². The Morgan fingerprint density at radius 2 is 2.41 bits per heavy atom. The minimum absolute atomic E-state index is 0.156. The number of imidazole rings is 1. The smallest absolute Gasteiger partial charge is 0.271 e. The van der Waals surface area contributed by atoms with Gasteiger partial charge in [0, 0.05) is 25.7 Å². The van der Waals surface area contributed by atoms with Gasteiger partial charge in [-0.3, -0.25) is 4.79 Å². The van der Waals surface area contributed by atoms with Gasteiger partial charge in [-0.05, 0) is 18.1 Å². The SMILES string of the molecule is COc1cccc2c1OC[C@@H](CNC(=O)c1cn(C)cn1)C2. The standard InChI is InChI=1S/C16H19N3O3/c1-19-8-13(18-10-19)16(20)17-7-11-6-12-4-3-5-14(21-2)15(12)22-9-11/h3-5,8,10-11H,6-7,9H2,1-2H3,(H,17,20)/t11-/m1/s1. The van der Waals surface area contributed by atoms with Gasteiger partial charge in [-0.2, -0.15) is 0 Å². The summed E-state index contributed by atoms with van der Waals surface area (Å²) >= 11 is 0. The van der Waals surface area contributed by atoms with E-state index in [0.717, 1.165) is 23.5 Å². The number of rotatable bonds is 4. The van der Waals surface area contributed by atoms with E-state index >= 15 is 0 Å². The van der Waals surface area contributed by atoms with Crippen LogP contribution in [-0.4, -0.2) is 35.7 Å². The van der Waals surface area contributed by atoms with Gasteiger partial charge < -0.3 is 19.4 Å². The highest BCUT2D eigenvalue weighted by atomic mass is 16.5. The summed E-state index contributed by atoms with van der Waals surface area (Å²) in [5, 5.41) is 2.92. The molecule has 1 aliphatic heterocycles. The second-order valence-electron chi connectivity index (χ2n) is 5.46. The molecule has 0 aliphatic carbocycles. The van der Waals surface area contributed by atoms with E-state index in [9.17, 15) is 4.79 Å². The molecule has 0 saturated carbocycles. The van der Waals surface area contributed by atoms with E-state index in [-0.39, 0.29) is 11.8 Å². The summed E-state index contributed by atoms with van der Waals surface area (Å²) in [5.74, 6) is 1.66. The lowest BCUT2D eigenvalue weighted by Gasteiger charge is -2.26. The highest BCUT2D eigenvalue weighted by molar-refractivity contribution is 5.91. The highest BCUT2D eigenvalue weighted by Crippen LogP contribution is 2.35. The van der Waals surface area contributed by atoms with Crippen molar-refractivity contribution in [1.82, 2.24) is 14.9 Å². The van der Waals surface area contributed by atoms with Gasteiger partial charge in [0.1, 0.15) is 5.69 Å². The molecule has 1 aliphatic rings. The number of nitrogens with zero attached hydrogens (tertiary/aromatic N) is 2. The molecular formula is C16H19N3O3. The van der Waals surface area contributed by atoms with Gasteiger partial charge in [-0.25, -0.2) is 4.98 Å². The number of ether oxygens (including phenoxy) is 2. The van der Waals surface area contributed by atoms with Crippen molar-refractivity contribution in [3.05, 3.63) is 42.0 Å². The van der Waals surface area contributed by atoms with Crippen molar-refractivity contribution >= 4 is 5.91 Å². The van der Waals surface area contributed by atoms with Crippen LogP contribution >= 0.6 is 0 Å². The molecule has 0 bridgehead atoms. The predicted octanol–water partition coefficient (Wildman–Crippen LogP) is 1.41. The number of nitrogens with one attached hydrogen (secondary N) is 1. The van der Waals surface area contributed by atoms with Crippen LogP contribution in [0.2, 0.25) is 0 Å². The topological polar surface area (TPSA) is 65.4 Å². The fourth-order valence-corrected chi connectivity index (χ4v) is 2.61. The zero-order valence-electron chi connectivity index (χ0n) is 12.7. The minimum atomic E-state index is -0.156. The van der Waals surface area contributed by atoms with Gasteiger partial charge in [0.15, 0.2) is 11.5 Å². The van der Waals surface area contributed by atoms with E-state index in [1.807, 2.05) is 25.2 Å². The number of carbonyl (C=O) groups is 1. The maximum absolute atomic E-state index is 12.0. The molecule has 1 atom stereocenters. The average Bonchev–Trinajstić information content (AvgIpc) is 2.98. The molecule has 0 saturated heterocycles. The Morgan fingerprint density at radius 3 is 3.14 bits per heavy atom. The largest absolute Gasteiger partial charge is 0.493 e. The van der Waals surface area contributed by atoms with Gasteiger partial charge in [-0.1, -0.05) is 12.1 Å². The van der Waals surface area contributed by atoms with Crippen molar-refractivity contribution in [2.75, 3.05) is 20.3 Å². The van der Waals surface area contributed by atoms with Gasteiger partial charge in [0.2, 0.25) is 0 Å². The van der Waals surface area contributed by atoms with Crippen LogP contribution in [0, 0.1) is 5.92 Å². The number of fused-ring (bicyclic) bond motifs is 1. The summed E-state index contributed by atoms with van der Waals surface area (Å²) in [6.45, 7) is 1.13. The van der Waals surface area contributed by atoms with Crippen LogP contribution < -0.4 is 14.8 Å². The van der Waals surface area contributed by atoms with Crippen LogP contribution in [-0.2, 0) is 13.5 Å². The molecule has 116 valence electrons. The maximum Gasteiger partial charge on any atom is 0.271 e. The van der Waals surface area contributed by atoms with Crippen molar-refractivity contribution in [3.63, 3.8) is 0 Å². The van der Waals surface area contributed by atoms with Crippen molar-refractivity contribution in [2.45, 2.75) is 6.42 Å². The lowest BCUT2D eigenvalue weighted by molar-refractivity contribution is 0.0934. The Hall–Kier alpha value is -2.50. The van der Waals surface area contributed by atoms with Crippen LogP contribution in [0.15, 0.2) is 30.7 Å². The number of methoxy groups -OCH3 is 1. The zero-order valence-corrected chi connectivity index (χ0v) is 12.7. The third-order valence-electron chi connectivity index (χ3n) is 3.74. The average molecular weight is 301 g/mol. The van der Waals surface area contributed by atoms with Crippen LogP contribution in [0.4, 0.5) is 0 Å². The van der Waals surface area contributed by atoms with Gasteiger partial charge >= 0.3 is 0 Å². The summed E-state index contributed by atoms with van der Waals surface area (Å²) in [6, 6.07) is 5.88. The first-order valence-electron chi connectivity index (χ1n) is 7.22. The molecule has 6 heteroatoms. The zero-order chi connectivity index (χ0) is 15.5. The monoisotopic (exact) mass is 301 g/mol. The third-order valence-corrected chi connectivity index (χ3v) is 3.74. The number of benzene rings is 1. The highest BCUT2D eigenvalue weighted by Gasteiger charge is 2.23. The molecular weight excluding hydrogens is 282 g/mol. The molecule has 3 rings (SSSR count). The Labute approximate surface area is 129 Å². The number of aromatic nitrogens is 2. The molecule has 1 aromatic carbocycles.